The van der Waals surface area contributed by atoms with Crippen LogP contribution < -0.4 is 0 Å². The lowest BCUT2D eigenvalue weighted by atomic mass is 10.4. The summed E-state index contributed by atoms with van der Waals surface area (Å²) in [6.07, 6.45) is 1.16. The molecular weight excluding hydrogens is 260 g/mol. The third-order valence-electron chi connectivity index (χ3n) is 1.91. The van der Waals surface area contributed by atoms with Gasteiger partial charge in [0.2, 0.25) is 0 Å². The third-order valence-corrected chi connectivity index (χ3v) is 4.03. The van der Waals surface area contributed by atoms with E-state index in [4.69, 9.17) is 4.74 Å². The predicted octanol–water partition coefficient (Wildman–Crippen LogP) is 1.75. The van der Waals surface area contributed by atoms with Gasteiger partial charge in [-0.05, 0) is 31.2 Å². The molecule has 1 rings (SSSR count). The van der Waals surface area contributed by atoms with Crippen molar-refractivity contribution in [1.29, 1.82) is 0 Å². The first-order chi connectivity index (χ1) is 7.93. The molecule has 0 bridgehead atoms. The first-order valence-corrected chi connectivity index (χ1v) is 7.89. The molecule has 6 heteroatoms. The Kier molecular flexibility index (Phi) is 5.02. The van der Waals surface area contributed by atoms with E-state index >= 15 is 0 Å². The summed E-state index contributed by atoms with van der Waals surface area (Å²) in [7, 11) is -3.16. The molecule has 0 aliphatic carbocycles. The minimum absolute atomic E-state index is 0.228. The SMILES string of the molecule is CCOC(=O)CSc1ccc(S(C)(=O)=O)cc1. The van der Waals surface area contributed by atoms with Gasteiger partial charge >= 0.3 is 5.97 Å². The highest BCUT2D eigenvalue weighted by Crippen LogP contribution is 2.20. The molecule has 1 aromatic rings. The molecule has 17 heavy (non-hydrogen) atoms. The average molecular weight is 274 g/mol. The summed E-state index contributed by atoms with van der Waals surface area (Å²) in [6.45, 7) is 2.12. The van der Waals surface area contributed by atoms with Gasteiger partial charge in [-0.1, -0.05) is 0 Å². The summed E-state index contributed by atoms with van der Waals surface area (Å²) in [5.74, 6) is -0.0452. The molecule has 0 aliphatic rings. The minimum atomic E-state index is -3.16. The smallest absolute Gasteiger partial charge is 0.316 e. The number of thioether (sulfide) groups is 1. The molecule has 4 nitrogen and oxygen atoms in total. The van der Waals surface area contributed by atoms with Crippen LogP contribution in [0.2, 0.25) is 0 Å². The summed E-state index contributed by atoms with van der Waals surface area (Å²) in [5.41, 5.74) is 0. The predicted molar refractivity (Wildman–Crippen MR) is 66.9 cm³/mol. The molecule has 1 aromatic carbocycles. The van der Waals surface area contributed by atoms with Crippen LogP contribution in [0.25, 0.3) is 0 Å². The Morgan fingerprint density at radius 2 is 1.88 bits per heavy atom. The summed E-state index contributed by atoms with van der Waals surface area (Å²) in [5, 5.41) is 0. The van der Waals surface area contributed by atoms with E-state index in [0.717, 1.165) is 11.2 Å². The zero-order chi connectivity index (χ0) is 12.9. The van der Waals surface area contributed by atoms with Gasteiger partial charge in [-0.2, -0.15) is 0 Å². The van der Waals surface area contributed by atoms with Gasteiger partial charge in [0.05, 0.1) is 17.3 Å². The van der Waals surface area contributed by atoms with Gasteiger partial charge in [-0.25, -0.2) is 8.42 Å². The van der Waals surface area contributed by atoms with Crippen molar-refractivity contribution in [1.82, 2.24) is 0 Å². The Morgan fingerprint density at radius 3 is 2.35 bits per heavy atom. The Bertz CT molecular complexity index is 477. The lowest BCUT2D eigenvalue weighted by Gasteiger charge is -2.03. The van der Waals surface area contributed by atoms with Gasteiger partial charge < -0.3 is 4.74 Å². The summed E-state index contributed by atoms with van der Waals surface area (Å²) in [4.78, 5) is 12.2. The number of benzene rings is 1. The van der Waals surface area contributed by atoms with Gasteiger partial charge in [0.15, 0.2) is 9.84 Å². The second-order valence-electron chi connectivity index (χ2n) is 3.34. The van der Waals surface area contributed by atoms with Crippen LogP contribution in [0.5, 0.6) is 0 Å². The maximum atomic E-state index is 11.2. The summed E-state index contributed by atoms with van der Waals surface area (Å²) < 4.78 is 27.2. The first-order valence-electron chi connectivity index (χ1n) is 5.02. The van der Waals surface area contributed by atoms with Crippen molar-refractivity contribution < 1.29 is 17.9 Å². The van der Waals surface area contributed by atoms with Crippen molar-refractivity contribution in [3.63, 3.8) is 0 Å². The molecule has 0 unspecified atom stereocenters. The largest absolute Gasteiger partial charge is 0.465 e. The number of hydrogen-bond donors (Lipinski definition) is 0. The van der Waals surface area contributed by atoms with Crippen LogP contribution >= 0.6 is 11.8 Å². The molecular formula is C11H14O4S2. The topological polar surface area (TPSA) is 60.4 Å². The van der Waals surface area contributed by atoms with Crippen molar-refractivity contribution in [3.05, 3.63) is 24.3 Å². The van der Waals surface area contributed by atoms with Crippen molar-refractivity contribution in [2.24, 2.45) is 0 Å². The molecule has 0 saturated heterocycles. The van der Waals surface area contributed by atoms with E-state index in [1.165, 1.54) is 23.9 Å². The fourth-order valence-corrected chi connectivity index (χ4v) is 2.45. The Balaban J connectivity index is 2.60. The van der Waals surface area contributed by atoms with Crippen molar-refractivity contribution >= 4 is 27.6 Å². The normalized spacial score (nSPS) is 11.2. The van der Waals surface area contributed by atoms with Gasteiger partial charge in [0.25, 0.3) is 0 Å². The van der Waals surface area contributed by atoms with Crippen molar-refractivity contribution in [2.75, 3.05) is 18.6 Å². The molecule has 0 fully saturated rings. The van der Waals surface area contributed by atoms with Crippen LogP contribution in [-0.2, 0) is 19.4 Å². The van der Waals surface area contributed by atoms with E-state index in [0.29, 0.717) is 6.61 Å². The molecule has 0 atom stereocenters. The van der Waals surface area contributed by atoms with Crippen LogP contribution in [0.3, 0.4) is 0 Å². The molecule has 0 saturated carbocycles. The van der Waals surface area contributed by atoms with E-state index in [1.54, 1.807) is 19.1 Å². The maximum Gasteiger partial charge on any atom is 0.316 e. The number of ether oxygens (including phenoxy) is 1. The number of hydrogen-bond acceptors (Lipinski definition) is 5. The number of carbonyl (C=O) groups is 1. The molecule has 0 heterocycles. The van der Waals surface area contributed by atoms with Crippen LogP contribution in [0.15, 0.2) is 34.1 Å². The fourth-order valence-electron chi connectivity index (χ4n) is 1.13. The van der Waals surface area contributed by atoms with E-state index < -0.39 is 9.84 Å². The second-order valence-corrected chi connectivity index (χ2v) is 6.40. The van der Waals surface area contributed by atoms with Crippen molar-refractivity contribution in [3.8, 4) is 0 Å². The van der Waals surface area contributed by atoms with Crippen LogP contribution in [-0.4, -0.2) is 33.0 Å². The number of sulfone groups is 1. The van der Waals surface area contributed by atoms with E-state index in [-0.39, 0.29) is 16.6 Å². The Morgan fingerprint density at radius 1 is 1.29 bits per heavy atom. The highest BCUT2D eigenvalue weighted by Gasteiger charge is 2.07. The lowest BCUT2D eigenvalue weighted by Crippen LogP contribution is -2.06. The van der Waals surface area contributed by atoms with E-state index in [9.17, 15) is 13.2 Å². The summed E-state index contributed by atoms with van der Waals surface area (Å²) in [6, 6.07) is 6.42. The highest BCUT2D eigenvalue weighted by molar-refractivity contribution is 8.00. The summed E-state index contributed by atoms with van der Waals surface area (Å²) >= 11 is 1.32. The molecule has 0 amide bonds. The van der Waals surface area contributed by atoms with Gasteiger partial charge in [-0.3, -0.25) is 4.79 Å². The van der Waals surface area contributed by atoms with Gasteiger partial charge in [-0.15, -0.1) is 11.8 Å². The average Bonchev–Trinajstić information content (AvgIpc) is 2.26. The third kappa shape index (κ3) is 4.79. The standard InChI is InChI=1S/C11H14O4S2/c1-3-15-11(12)8-16-9-4-6-10(7-5-9)17(2,13)14/h4-7H,3,8H2,1-2H3. The molecule has 0 aliphatic heterocycles. The van der Waals surface area contributed by atoms with Crippen molar-refractivity contribution in [2.45, 2.75) is 16.7 Å². The fraction of sp³-hybridized carbons (Fsp3) is 0.364. The second kappa shape index (κ2) is 6.07. The molecule has 0 aromatic heterocycles. The molecule has 94 valence electrons. The Labute approximate surface area is 105 Å². The first kappa shape index (κ1) is 14.1. The lowest BCUT2D eigenvalue weighted by molar-refractivity contribution is -0.139. The van der Waals surface area contributed by atoms with Crippen LogP contribution in [0.1, 0.15) is 6.92 Å². The molecule has 0 radical (unpaired) electrons. The molecule has 0 spiro atoms. The number of rotatable bonds is 5. The number of carbonyl (C=O) groups excluding carboxylic acids is 1. The maximum absolute atomic E-state index is 11.2. The highest BCUT2D eigenvalue weighted by atomic mass is 32.2. The molecule has 0 N–H and O–H groups in total. The van der Waals surface area contributed by atoms with E-state index in [1.807, 2.05) is 0 Å². The van der Waals surface area contributed by atoms with Gasteiger partial charge in [0.1, 0.15) is 0 Å². The Hall–Kier alpha value is -1.01. The minimum Gasteiger partial charge on any atom is -0.465 e. The monoisotopic (exact) mass is 274 g/mol. The van der Waals surface area contributed by atoms with Gasteiger partial charge in [0, 0.05) is 11.2 Å². The van der Waals surface area contributed by atoms with E-state index in [2.05, 4.69) is 0 Å². The quantitative estimate of drug-likeness (QED) is 0.604. The zero-order valence-corrected chi connectivity index (χ0v) is 11.3. The van der Waals surface area contributed by atoms with Crippen LogP contribution in [0.4, 0.5) is 0 Å². The van der Waals surface area contributed by atoms with Crippen LogP contribution in [0, 0.1) is 0 Å². The number of esters is 1. The zero-order valence-electron chi connectivity index (χ0n) is 9.67.